The zero-order chi connectivity index (χ0) is 21.1. The van der Waals surface area contributed by atoms with Gasteiger partial charge in [-0.1, -0.05) is 30.3 Å². The van der Waals surface area contributed by atoms with Gasteiger partial charge in [-0.3, -0.25) is 4.79 Å². The molecule has 2 aliphatic heterocycles. The molecule has 2 aliphatic rings. The Morgan fingerprint density at radius 2 is 1.77 bits per heavy atom. The van der Waals surface area contributed by atoms with Gasteiger partial charge in [-0.25, -0.2) is 8.78 Å². The topological polar surface area (TPSA) is 49.8 Å². The molecule has 1 N–H and O–H groups in total. The number of aliphatic hydroxyl groups excluding tert-OH is 1. The van der Waals surface area contributed by atoms with E-state index in [0.717, 1.165) is 17.2 Å². The molecule has 0 spiro atoms. The third kappa shape index (κ3) is 4.25. The van der Waals surface area contributed by atoms with E-state index >= 15 is 0 Å². The summed E-state index contributed by atoms with van der Waals surface area (Å²) in [5.41, 5.74) is 1.76. The highest BCUT2D eigenvalue weighted by Crippen LogP contribution is 2.39. The maximum Gasteiger partial charge on any atom is 0.229 e. The zero-order valence-corrected chi connectivity index (χ0v) is 16.9. The summed E-state index contributed by atoms with van der Waals surface area (Å²) < 4.78 is 32.9. The smallest absolute Gasteiger partial charge is 0.229 e. The van der Waals surface area contributed by atoms with Crippen LogP contribution in [0, 0.1) is 17.0 Å². The molecule has 0 unspecified atom stereocenters. The zero-order valence-electron chi connectivity index (χ0n) is 16.9. The molecule has 0 aliphatic carbocycles. The standard InChI is InChI=1S/C24H27F2NO3/c25-21-6-5-17(15-22(21)26)20-4-2-1-3-18(20)16-24(9-13-30-14-10-24)23(29)27-11-7-19(28)8-12-27/h1-6,15,19,28H,7-14,16H2. The van der Waals surface area contributed by atoms with Crippen LogP contribution in [0.1, 0.15) is 31.2 Å². The molecule has 0 atom stereocenters. The highest BCUT2D eigenvalue weighted by molar-refractivity contribution is 5.84. The van der Waals surface area contributed by atoms with Gasteiger partial charge in [0.05, 0.1) is 11.5 Å². The molecule has 4 rings (SSSR count). The number of rotatable bonds is 4. The number of carbonyl (C=O) groups is 1. The number of halogens is 2. The predicted octanol–water partition coefficient (Wildman–Crippen LogP) is 3.95. The van der Waals surface area contributed by atoms with Crippen LogP contribution in [0.3, 0.4) is 0 Å². The lowest BCUT2D eigenvalue weighted by Gasteiger charge is -2.42. The van der Waals surface area contributed by atoms with Crippen LogP contribution in [0.2, 0.25) is 0 Å². The van der Waals surface area contributed by atoms with Crippen LogP contribution >= 0.6 is 0 Å². The van der Waals surface area contributed by atoms with Gasteiger partial charge in [-0.05, 0) is 60.9 Å². The number of amides is 1. The SMILES string of the molecule is O=C(N1CCC(O)CC1)C1(Cc2ccccc2-c2ccc(F)c(F)c2)CCOCC1. The Hall–Kier alpha value is -2.31. The van der Waals surface area contributed by atoms with E-state index in [-0.39, 0.29) is 12.0 Å². The number of benzene rings is 2. The van der Waals surface area contributed by atoms with Crippen LogP contribution in [-0.2, 0) is 16.0 Å². The molecule has 30 heavy (non-hydrogen) atoms. The molecule has 4 nitrogen and oxygen atoms in total. The number of aliphatic hydroxyl groups is 1. The number of ether oxygens (including phenoxy) is 1. The summed E-state index contributed by atoms with van der Waals surface area (Å²) in [4.78, 5) is 15.5. The van der Waals surface area contributed by atoms with Gasteiger partial charge in [0.1, 0.15) is 0 Å². The lowest BCUT2D eigenvalue weighted by Crippen LogP contribution is -2.51. The quantitative estimate of drug-likeness (QED) is 0.823. The van der Waals surface area contributed by atoms with E-state index in [1.165, 1.54) is 6.07 Å². The number of nitrogens with zero attached hydrogens (tertiary/aromatic N) is 1. The summed E-state index contributed by atoms with van der Waals surface area (Å²) in [7, 11) is 0. The van der Waals surface area contributed by atoms with Crippen molar-refractivity contribution >= 4 is 5.91 Å². The maximum atomic E-state index is 13.9. The van der Waals surface area contributed by atoms with Crippen molar-refractivity contribution in [1.82, 2.24) is 4.90 Å². The average molecular weight is 415 g/mol. The van der Waals surface area contributed by atoms with Gasteiger partial charge in [-0.15, -0.1) is 0 Å². The molecule has 2 fully saturated rings. The molecule has 2 aromatic carbocycles. The third-order valence-electron chi connectivity index (χ3n) is 6.43. The van der Waals surface area contributed by atoms with Crippen molar-refractivity contribution in [2.75, 3.05) is 26.3 Å². The Morgan fingerprint density at radius 1 is 1.07 bits per heavy atom. The second-order valence-electron chi connectivity index (χ2n) is 8.38. The number of likely N-dealkylation sites (tertiary alicyclic amines) is 1. The van der Waals surface area contributed by atoms with Crippen LogP contribution in [0.25, 0.3) is 11.1 Å². The molecule has 2 heterocycles. The predicted molar refractivity (Wildman–Crippen MR) is 110 cm³/mol. The Balaban J connectivity index is 1.66. The third-order valence-corrected chi connectivity index (χ3v) is 6.43. The van der Waals surface area contributed by atoms with Gasteiger partial charge >= 0.3 is 0 Å². The van der Waals surface area contributed by atoms with Crippen LogP contribution in [0.5, 0.6) is 0 Å². The van der Waals surface area contributed by atoms with E-state index in [1.54, 1.807) is 6.07 Å². The van der Waals surface area contributed by atoms with E-state index in [9.17, 15) is 18.7 Å². The minimum Gasteiger partial charge on any atom is -0.393 e. The van der Waals surface area contributed by atoms with Crippen molar-refractivity contribution in [3.63, 3.8) is 0 Å². The molecular formula is C24H27F2NO3. The Bertz CT molecular complexity index is 903. The highest BCUT2D eigenvalue weighted by atomic mass is 19.2. The molecule has 0 radical (unpaired) electrons. The second-order valence-corrected chi connectivity index (χ2v) is 8.38. The molecule has 160 valence electrons. The molecule has 2 aromatic rings. The Labute approximate surface area is 175 Å². The number of carbonyl (C=O) groups excluding carboxylic acids is 1. The van der Waals surface area contributed by atoms with E-state index in [0.29, 0.717) is 64.0 Å². The van der Waals surface area contributed by atoms with Gasteiger partial charge in [0.15, 0.2) is 11.6 Å². The fraction of sp³-hybridized carbons (Fsp3) is 0.458. The molecule has 0 bridgehead atoms. The first kappa shape index (κ1) is 20.9. The summed E-state index contributed by atoms with van der Waals surface area (Å²) in [6, 6.07) is 11.5. The average Bonchev–Trinajstić information content (AvgIpc) is 2.77. The summed E-state index contributed by atoms with van der Waals surface area (Å²) >= 11 is 0. The highest BCUT2D eigenvalue weighted by Gasteiger charge is 2.43. The summed E-state index contributed by atoms with van der Waals surface area (Å²) in [5.74, 6) is -1.65. The van der Waals surface area contributed by atoms with Crippen LogP contribution in [0.15, 0.2) is 42.5 Å². The van der Waals surface area contributed by atoms with E-state index in [4.69, 9.17) is 4.74 Å². The first-order chi connectivity index (χ1) is 14.5. The normalized spacial score (nSPS) is 19.6. The number of hydrogen-bond acceptors (Lipinski definition) is 3. The second kappa shape index (κ2) is 8.82. The maximum absolute atomic E-state index is 13.9. The van der Waals surface area contributed by atoms with Crippen molar-refractivity contribution in [2.45, 2.75) is 38.2 Å². The summed E-state index contributed by atoms with van der Waals surface area (Å²) in [5, 5.41) is 9.81. The van der Waals surface area contributed by atoms with Crippen molar-refractivity contribution in [1.29, 1.82) is 0 Å². The Kier molecular flexibility index (Phi) is 6.16. The first-order valence-electron chi connectivity index (χ1n) is 10.6. The van der Waals surface area contributed by atoms with Crippen LogP contribution < -0.4 is 0 Å². The number of hydrogen-bond donors (Lipinski definition) is 1. The monoisotopic (exact) mass is 415 g/mol. The van der Waals surface area contributed by atoms with Gasteiger partial charge < -0.3 is 14.7 Å². The van der Waals surface area contributed by atoms with E-state index in [2.05, 4.69) is 0 Å². The van der Waals surface area contributed by atoms with Crippen LogP contribution in [0.4, 0.5) is 8.78 Å². The molecular weight excluding hydrogens is 388 g/mol. The minimum atomic E-state index is -0.883. The van der Waals surface area contributed by atoms with Crippen molar-refractivity contribution in [3.8, 4) is 11.1 Å². The lowest BCUT2D eigenvalue weighted by atomic mass is 9.72. The van der Waals surface area contributed by atoms with Gasteiger partial charge in [-0.2, -0.15) is 0 Å². The van der Waals surface area contributed by atoms with E-state index in [1.807, 2.05) is 29.2 Å². The molecule has 2 saturated heterocycles. The lowest BCUT2D eigenvalue weighted by molar-refractivity contribution is -0.150. The van der Waals surface area contributed by atoms with Gasteiger partial charge in [0.25, 0.3) is 0 Å². The molecule has 0 saturated carbocycles. The fourth-order valence-electron chi connectivity index (χ4n) is 4.62. The van der Waals surface area contributed by atoms with Crippen molar-refractivity contribution < 1.29 is 23.4 Å². The van der Waals surface area contributed by atoms with Crippen molar-refractivity contribution in [3.05, 3.63) is 59.7 Å². The molecule has 1 amide bonds. The Morgan fingerprint density at radius 3 is 2.47 bits per heavy atom. The van der Waals surface area contributed by atoms with Crippen LogP contribution in [-0.4, -0.2) is 48.3 Å². The first-order valence-corrected chi connectivity index (χ1v) is 10.6. The fourth-order valence-corrected chi connectivity index (χ4v) is 4.62. The van der Waals surface area contributed by atoms with Gasteiger partial charge in [0.2, 0.25) is 5.91 Å². The van der Waals surface area contributed by atoms with Crippen molar-refractivity contribution in [2.24, 2.45) is 5.41 Å². The van der Waals surface area contributed by atoms with E-state index < -0.39 is 17.0 Å². The number of piperidine rings is 1. The largest absolute Gasteiger partial charge is 0.393 e. The molecule has 0 aromatic heterocycles. The minimum absolute atomic E-state index is 0.109. The summed E-state index contributed by atoms with van der Waals surface area (Å²) in [6.07, 6.45) is 2.62. The van der Waals surface area contributed by atoms with Gasteiger partial charge in [0, 0.05) is 26.3 Å². The summed E-state index contributed by atoms with van der Waals surface area (Å²) in [6.45, 7) is 2.17. The molecule has 6 heteroatoms.